The Morgan fingerprint density at radius 1 is 1.22 bits per heavy atom. The van der Waals surface area contributed by atoms with E-state index in [9.17, 15) is 0 Å². The fourth-order valence-corrected chi connectivity index (χ4v) is 3.36. The molecule has 1 aliphatic rings. The van der Waals surface area contributed by atoms with Crippen molar-refractivity contribution in [1.82, 2.24) is 24.9 Å². The van der Waals surface area contributed by atoms with Crippen molar-refractivity contribution in [1.29, 1.82) is 0 Å². The Morgan fingerprint density at radius 2 is 2.09 bits per heavy atom. The Hall–Kier alpha value is -2.22. The van der Waals surface area contributed by atoms with Crippen molar-refractivity contribution < 1.29 is 4.52 Å². The zero-order chi connectivity index (χ0) is 16.0. The summed E-state index contributed by atoms with van der Waals surface area (Å²) in [6.45, 7) is 8.76. The van der Waals surface area contributed by atoms with Crippen LogP contribution in [0.25, 0.3) is 11.5 Å². The molecule has 0 N–H and O–H groups in total. The van der Waals surface area contributed by atoms with Crippen LogP contribution >= 0.6 is 11.3 Å². The Balaban J connectivity index is 1.58. The fourth-order valence-electron chi connectivity index (χ4n) is 2.73. The van der Waals surface area contributed by atoms with E-state index in [-0.39, 0.29) is 5.41 Å². The number of hydrogen-bond donors (Lipinski definition) is 0. The van der Waals surface area contributed by atoms with Crippen LogP contribution in [-0.2, 0) is 18.5 Å². The Labute approximate surface area is 138 Å². The van der Waals surface area contributed by atoms with E-state index in [0.717, 1.165) is 30.3 Å². The molecule has 8 heteroatoms. The number of nitrogens with zero attached hydrogens (tertiary/aromatic N) is 6. The summed E-state index contributed by atoms with van der Waals surface area (Å²) in [7, 11) is 0. The smallest absolute Gasteiger partial charge is 0.266 e. The van der Waals surface area contributed by atoms with Gasteiger partial charge < -0.3 is 14.0 Å². The second-order valence-corrected chi connectivity index (χ2v) is 7.45. The lowest BCUT2D eigenvalue weighted by molar-refractivity contribution is 0.423. The van der Waals surface area contributed by atoms with Crippen LogP contribution in [0.5, 0.6) is 0 Å². The molecule has 0 spiro atoms. The molecule has 0 fully saturated rings. The van der Waals surface area contributed by atoms with Gasteiger partial charge in [-0.1, -0.05) is 20.8 Å². The summed E-state index contributed by atoms with van der Waals surface area (Å²) in [4.78, 5) is 6.58. The van der Waals surface area contributed by atoms with E-state index in [2.05, 4.69) is 50.6 Å². The molecular formula is C15H18N6OS. The number of aromatic nitrogens is 5. The Morgan fingerprint density at radius 3 is 2.83 bits per heavy atom. The normalized spacial score (nSPS) is 15.0. The molecule has 0 atom stereocenters. The highest BCUT2D eigenvalue weighted by Crippen LogP contribution is 2.27. The summed E-state index contributed by atoms with van der Waals surface area (Å²) in [5, 5.41) is 16.8. The first-order valence-corrected chi connectivity index (χ1v) is 8.50. The quantitative estimate of drug-likeness (QED) is 0.719. The van der Waals surface area contributed by atoms with Gasteiger partial charge in [-0.25, -0.2) is 0 Å². The average Bonchev–Trinajstić information content (AvgIpc) is 3.24. The number of hydrogen-bond acceptors (Lipinski definition) is 7. The van der Waals surface area contributed by atoms with Crippen LogP contribution in [-0.4, -0.2) is 31.4 Å². The molecule has 3 aromatic rings. The molecule has 4 rings (SSSR count). The predicted octanol–water partition coefficient (Wildman–Crippen LogP) is 2.71. The maximum atomic E-state index is 5.37. The zero-order valence-electron chi connectivity index (χ0n) is 13.4. The van der Waals surface area contributed by atoms with Gasteiger partial charge in [-0.15, -0.1) is 10.2 Å². The number of anilines is 1. The molecular weight excluding hydrogens is 312 g/mol. The number of thiophene rings is 1. The largest absolute Gasteiger partial charge is 0.332 e. The van der Waals surface area contributed by atoms with Crippen molar-refractivity contribution in [2.45, 2.75) is 39.3 Å². The SMILES string of the molecule is CC(C)(C)c1nnc2n1CCN(c1noc(-c3ccsc3)n1)C2. The van der Waals surface area contributed by atoms with Crippen LogP contribution < -0.4 is 4.90 Å². The van der Waals surface area contributed by atoms with E-state index in [1.54, 1.807) is 11.3 Å². The summed E-state index contributed by atoms with van der Waals surface area (Å²) in [5.41, 5.74) is 0.954. The van der Waals surface area contributed by atoms with Gasteiger partial charge in [-0.3, -0.25) is 0 Å². The molecule has 23 heavy (non-hydrogen) atoms. The van der Waals surface area contributed by atoms with Gasteiger partial charge in [0.15, 0.2) is 5.82 Å². The van der Waals surface area contributed by atoms with Crippen molar-refractivity contribution >= 4 is 17.3 Å². The van der Waals surface area contributed by atoms with Crippen LogP contribution in [0, 0.1) is 0 Å². The minimum absolute atomic E-state index is 0.00825. The molecule has 0 saturated heterocycles. The van der Waals surface area contributed by atoms with E-state index in [0.29, 0.717) is 18.4 Å². The summed E-state index contributed by atoms with van der Waals surface area (Å²) in [5.74, 6) is 3.14. The molecule has 3 aromatic heterocycles. The maximum Gasteiger partial charge on any atom is 0.266 e. The number of fused-ring (bicyclic) bond motifs is 1. The van der Waals surface area contributed by atoms with E-state index >= 15 is 0 Å². The third kappa shape index (κ3) is 2.52. The summed E-state index contributed by atoms with van der Waals surface area (Å²) < 4.78 is 7.58. The van der Waals surface area contributed by atoms with Crippen molar-refractivity contribution in [3.63, 3.8) is 0 Å². The van der Waals surface area contributed by atoms with Crippen LogP contribution in [0.2, 0.25) is 0 Å². The fraction of sp³-hybridized carbons (Fsp3) is 0.467. The van der Waals surface area contributed by atoms with Gasteiger partial charge >= 0.3 is 0 Å². The van der Waals surface area contributed by atoms with Crippen molar-refractivity contribution in [3.05, 3.63) is 28.5 Å². The topological polar surface area (TPSA) is 72.9 Å². The highest BCUT2D eigenvalue weighted by molar-refractivity contribution is 7.08. The average molecular weight is 330 g/mol. The van der Waals surface area contributed by atoms with Crippen molar-refractivity contribution in [2.75, 3.05) is 11.4 Å². The molecule has 0 radical (unpaired) electrons. The third-order valence-corrected chi connectivity index (χ3v) is 4.57. The lowest BCUT2D eigenvalue weighted by atomic mass is 9.95. The second-order valence-electron chi connectivity index (χ2n) is 6.67. The minimum atomic E-state index is -0.00825. The Kier molecular flexibility index (Phi) is 3.22. The first kappa shape index (κ1) is 14.4. The van der Waals surface area contributed by atoms with Gasteiger partial charge in [0.05, 0.1) is 12.1 Å². The van der Waals surface area contributed by atoms with Gasteiger partial charge in [-0.2, -0.15) is 16.3 Å². The van der Waals surface area contributed by atoms with Crippen LogP contribution in [0.15, 0.2) is 21.3 Å². The monoisotopic (exact) mass is 330 g/mol. The Bertz CT molecular complexity index is 814. The van der Waals surface area contributed by atoms with E-state index in [1.807, 2.05) is 16.8 Å². The highest BCUT2D eigenvalue weighted by atomic mass is 32.1. The molecule has 0 aromatic carbocycles. The first-order chi connectivity index (χ1) is 11.0. The van der Waals surface area contributed by atoms with Crippen LogP contribution in [0.3, 0.4) is 0 Å². The molecule has 0 amide bonds. The molecule has 7 nitrogen and oxygen atoms in total. The van der Waals surface area contributed by atoms with E-state index in [1.165, 1.54) is 0 Å². The molecule has 0 saturated carbocycles. The third-order valence-electron chi connectivity index (χ3n) is 3.89. The van der Waals surface area contributed by atoms with Crippen LogP contribution in [0.4, 0.5) is 5.95 Å². The summed E-state index contributed by atoms with van der Waals surface area (Å²) >= 11 is 1.61. The first-order valence-electron chi connectivity index (χ1n) is 7.56. The van der Waals surface area contributed by atoms with Gasteiger partial charge in [-0.05, 0) is 16.6 Å². The van der Waals surface area contributed by atoms with Crippen molar-refractivity contribution in [3.8, 4) is 11.5 Å². The molecule has 1 aliphatic heterocycles. The standard InChI is InChI=1S/C15H18N6OS/c1-15(2,3)13-18-17-11-8-20(5-6-21(11)13)14-16-12(22-19-14)10-4-7-23-9-10/h4,7,9H,5-6,8H2,1-3H3. The molecule has 4 heterocycles. The molecule has 0 bridgehead atoms. The lowest BCUT2D eigenvalue weighted by Gasteiger charge is -2.28. The highest BCUT2D eigenvalue weighted by Gasteiger charge is 2.29. The number of rotatable bonds is 2. The van der Waals surface area contributed by atoms with Gasteiger partial charge in [0, 0.05) is 23.9 Å². The van der Waals surface area contributed by atoms with Gasteiger partial charge in [0.1, 0.15) is 5.82 Å². The van der Waals surface area contributed by atoms with E-state index < -0.39 is 0 Å². The van der Waals surface area contributed by atoms with E-state index in [4.69, 9.17) is 4.52 Å². The molecule has 0 aliphatic carbocycles. The summed E-state index contributed by atoms with van der Waals surface area (Å²) in [6, 6.07) is 1.98. The van der Waals surface area contributed by atoms with Crippen LogP contribution in [0.1, 0.15) is 32.4 Å². The van der Waals surface area contributed by atoms with Gasteiger partial charge in [0.2, 0.25) is 0 Å². The predicted molar refractivity (Wildman–Crippen MR) is 87.4 cm³/mol. The zero-order valence-corrected chi connectivity index (χ0v) is 14.2. The molecule has 120 valence electrons. The molecule has 0 unspecified atom stereocenters. The van der Waals surface area contributed by atoms with Crippen molar-refractivity contribution in [2.24, 2.45) is 0 Å². The maximum absolute atomic E-state index is 5.37. The second kappa shape index (κ2) is 5.16. The lowest BCUT2D eigenvalue weighted by Crippen LogP contribution is -2.36. The van der Waals surface area contributed by atoms with Gasteiger partial charge in [0.25, 0.3) is 11.8 Å². The minimum Gasteiger partial charge on any atom is -0.332 e. The summed E-state index contributed by atoms with van der Waals surface area (Å²) in [6.07, 6.45) is 0.